The number of aryl methyl sites for hydroxylation is 1. The van der Waals surface area contributed by atoms with Crippen LogP contribution in [0.1, 0.15) is 18.1 Å². The van der Waals surface area contributed by atoms with E-state index in [1.165, 1.54) is 13.3 Å². The van der Waals surface area contributed by atoms with E-state index in [1.54, 1.807) is 42.5 Å². The van der Waals surface area contributed by atoms with Crippen LogP contribution >= 0.6 is 0 Å². The molecule has 0 bridgehead atoms. The van der Waals surface area contributed by atoms with Gasteiger partial charge in [-0.1, -0.05) is 37.3 Å². The summed E-state index contributed by atoms with van der Waals surface area (Å²) < 4.78 is 10.9. The molecule has 180 valence electrons. The Balaban J connectivity index is 1.51. The van der Waals surface area contributed by atoms with E-state index >= 15 is 0 Å². The Labute approximate surface area is 203 Å². The molecule has 0 saturated heterocycles. The lowest BCUT2D eigenvalue weighted by molar-refractivity contribution is -0.136. The number of rotatable bonds is 9. The largest absolute Gasteiger partial charge is 0.493 e. The zero-order valence-electron chi connectivity index (χ0n) is 19.4. The van der Waals surface area contributed by atoms with E-state index in [0.29, 0.717) is 28.4 Å². The molecule has 0 aromatic heterocycles. The van der Waals surface area contributed by atoms with Crippen LogP contribution in [0.3, 0.4) is 0 Å². The normalized spacial score (nSPS) is 10.5. The van der Waals surface area contributed by atoms with Gasteiger partial charge in [-0.15, -0.1) is 0 Å². The van der Waals surface area contributed by atoms with Crippen LogP contribution in [-0.4, -0.2) is 37.7 Å². The fourth-order valence-corrected chi connectivity index (χ4v) is 2.97. The topological polar surface area (TPSA) is 118 Å². The highest BCUT2D eigenvalue weighted by Gasteiger charge is 2.13. The smallest absolute Gasteiger partial charge is 0.329 e. The zero-order valence-corrected chi connectivity index (χ0v) is 19.4. The molecule has 9 nitrogen and oxygen atoms in total. The van der Waals surface area contributed by atoms with E-state index in [9.17, 15) is 14.4 Å². The summed E-state index contributed by atoms with van der Waals surface area (Å²) in [7, 11) is 1.46. The van der Waals surface area contributed by atoms with E-state index in [0.717, 1.165) is 12.0 Å². The Kier molecular flexibility index (Phi) is 8.95. The third kappa shape index (κ3) is 7.71. The fourth-order valence-electron chi connectivity index (χ4n) is 2.97. The molecule has 3 rings (SSSR count). The molecule has 0 saturated carbocycles. The van der Waals surface area contributed by atoms with Gasteiger partial charge in [0.2, 0.25) is 0 Å². The Morgan fingerprint density at radius 2 is 1.57 bits per heavy atom. The summed E-state index contributed by atoms with van der Waals surface area (Å²) in [5, 5.41) is 9.05. The summed E-state index contributed by atoms with van der Waals surface area (Å²) in [5.74, 6) is -1.31. The number of nitrogens with one attached hydrogen (secondary N) is 3. The third-order valence-corrected chi connectivity index (χ3v) is 4.81. The van der Waals surface area contributed by atoms with Crippen molar-refractivity contribution in [3.63, 3.8) is 0 Å². The number of anilines is 2. The molecular weight excluding hydrogens is 448 g/mol. The maximum atomic E-state index is 12.1. The molecule has 0 unspecified atom stereocenters. The quantitative estimate of drug-likeness (QED) is 0.250. The number of hydrazone groups is 1. The minimum absolute atomic E-state index is 0.203. The van der Waals surface area contributed by atoms with Crippen LogP contribution in [0.25, 0.3) is 0 Å². The molecule has 0 fully saturated rings. The Hall–Kier alpha value is -4.66. The van der Waals surface area contributed by atoms with E-state index in [2.05, 4.69) is 21.2 Å². The zero-order chi connectivity index (χ0) is 25.0. The molecule has 3 aromatic carbocycles. The number of benzene rings is 3. The van der Waals surface area contributed by atoms with Crippen LogP contribution in [0, 0.1) is 0 Å². The molecule has 0 heterocycles. The lowest BCUT2D eigenvalue weighted by atomic mass is 10.1. The predicted octanol–water partition coefficient (Wildman–Crippen LogP) is 3.36. The van der Waals surface area contributed by atoms with Gasteiger partial charge in [0, 0.05) is 11.4 Å². The first-order chi connectivity index (χ1) is 17.0. The van der Waals surface area contributed by atoms with Gasteiger partial charge in [-0.25, -0.2) is 5.43 Å². The van der Waals surface area contributed by atoms with Crippen LogP contribution in [0.4, 0.5) is 11.4 Å². The minimum Gasteiger partial charge on any atom is -0.493 e. The first kappa shape index (κ1) is 25.0. The lowest BCUT2D eigenvalue weighted by Crippen LogP contribution is -2.32. The van der Waals surface area contributed by atoms with Gasteiger partial charge in [-0.05, 0) is 60.0 Å². The van der Waals surface area contributed by atoms with Crippen molar-refractivity contribution in [2.24, 2.45) is 5.10 Å². The molecule has 0 aliphatic heterocycles. The molecule has 3 amide bonds. The second kappa shape index (κ2) is 12.5. The number of nitrogens with zero attached hydrogens (tertiary/aromatic N) is 1. The van der Waals surface area contributed by atoms with Crippen LogP contribution in [0.2, 0.25) is 0 Å². The second-order valence-electron chi connectivity index (χ2n) is 7.32. The number of hydrogen-bond acceptors (Lipinski definition) is 6. The molecule has 0 spiro atoms. The predicted molar refractivity (Wildman–Crippen MR) is 134 cm³/mol. The van der Waals surface area contributed by atoms with E-state index in [-0.39, 0.29) is 12.5 Å². The number of para-hydroxylation sites is 1. The minimum atomic E-state index is -0.905. The van der Waals surface area contributed by atoms with Gasteiger partial charge in [0.15, 0.2) is 18.1 Å². The van der Waals surface area contributed by atoms with Crippen LogP contribution in [-0.2, 0) is 20.8 Å². The summed E-state index contributed by atoms with van der Waals surface area (Å²) in [5.41, 5.74) is 5.08. The molecule has 0 aliphatic rings. The Morgan fingerprint density at radius 1 is 0.857 bits per heavy atom. The number of hydrogen-bond donors (Lipinski definition) is 3. The van der Waals surface area contributed by atoms with Crippen molar-refractivity contribution >= 4 is 35.3 Å². The van der Waals surface area contributed by atoms with Crippen LogP contribution in [0.5, 0.6) is 11.5 Å². The highest BCUT2D eigenvalue weighted by molar-refractivity contribution is 6.39. The monoisotopic (exact) mass is 474 g/mol. The van der Waals surface area contributed by atoms with Gasteiger partial charge in [-0.3, -0.25) is 14.4 Å². The Morgan fingerprint density at radius 3 is 2.26 bits per heavy atom. The molecule has 35 heavy (non-hydrogen) atoms. The van der Waals surface area contributed by atoms with Crippen molar-refractivity contribution in [1.29, 1.82) is 0 Å². The van der Waals surface area contributed by atoms with Gasteiger partial charge in [0.25, 0.3) is 5.91 Å². The van der Waals surface area contributed by atoms with Gasteiger partial charge in [0.05, 0.1) is 13.3 Å². The van der Waals surface area contributed by atoms with Crippen molar-refractivity contribution < 1.29 is 23.9 Å². The van der Waals surface area contributed by atoms with Gasteiger partial charge in [0.1, 0.15) is 0 Å². The molecule has 3 N–H and O–H groups in total. The van der Waals surface area contributed by atoms with Crippen molar-refractivity contribution in [2.75, 3.05) is 24.4 Å². The maximum absolute atomic E-state index is 12.1. The third-order valence-electron chi connectivity index (χ3n) is 4.81. The van der Waals surface area contributed by atoms with E-state index < -0.39 is 11.8 Å². The van der Waals surface area contributed by atoms with Crippen molar-refractivity contribution in [2.45, 2.75) is 13.3 Å². The molecular formula is C26H26N4O5. The summed E-state index contributed by atoms with van der Waals surface area (Å²) in [6.45, 7) is 1.83. The second-order valence-corrected chi connectivity index (χ2v) is 7.32. The SMILES string of the molecule is CCc1ccc(NC(=O)C(=O)N/N=C\c2ccc(OCC(=O)Nc3ccccc3)c(OC)c2)cc1. The summed E-state index contributed by atoms with van der Waals surface area (Å²) in [4.78, 5) is 36.1. The van der Waals surface area contributed by atoms with Crippen molar-refractivity contribution in [1.82, 2.24) is 5.43 Å². The fraction of sp³-hybridized carbons (Fsp3) is 0.154. The lowest BCUT2D eigenvalue weighted by Gasteiger charge is -2.11. The molecule has 3 aromatic rings. The summed E-state index contributed by atoms with van der Waals surface area (Å²) in [6.07, 6.45) is 2.24. The average molecular weight is 475 g/mol. The van der Waals surface area contributed by atoms with Crippen LogP contribution < -0.4 is 25.5 Å². The number of carbonyl (C=O) groups is 3. The number of ether oxygens (including phenoxy) is 2. The first-order valence-electron chi connectivity index (χ1n) is 10.9. The van der Waals surface area contributed by atoms with E-state index in [1.807, 2.05) is 37.3 Å². The highest BCUT2D eigenvalue weighted by Crippen LogP contribution is 2.27. The van der Waals surface area contributed by atoms with Crippen LogP contribution in [0.15, 0.2) is 77.9 Å². The van der Waals surface area contributed by atoms with Gasteiger partial charge >= 0.3 is 11.8 Å². The summed E-state index contributed by atoms with van der Waals surface area (Å²) >= 11 is 0. The number of amides is 3. The van der Waals surface area contributed by atoms with Crippen molar-refractivity contribution in [3.05, 3.63) is 83.9 Å². The molecule has 9 heteroatoms. The molecule has 0 radical (unpaired) electrons. The van der Waals surface area contributed by atoms with E-state index in [4.69, 9.17) is 9.47 Å². The first-order valence-corrected chi connectivity index (χ1v) is 10.9. The van der Waals surface area contributed by atoms with Gasteiger partial charge in [-0.2, -0.15) is 5.10 Å². The maximum Gasteiger partial charge on any atom is 0.329 e. The number of methoxy groups -OCH3 is 1. The summed E-state index contributed by atoms with van der Waals surface area (Å²) in [6, 6.07) is 21.2. The highest BCUT2D eigenvalue weighted by atomic mass is 16.5. The molecule has 0 aliphatic carbocycles. The number of carbonyl (C=O) groups excluding carboxylic acids is 3. The molecule has 0 atom stereocenters. The standard InChI is InChI=1S/C26H26N4O5/c1-3-18-9-12-21(13-10-18)29-25(32)26(33)30-27-16-19-11-14-22(23(15-19)34-2)35-17-24(31)28-20-7-5-4-6-8-20/h4-16H,3,17H2,1-2H3,(H,28,31)(H,29,32)(H,30,33)/b27-16-. The Bertz CT molecular complexity index is 1190. The van der Waals surface area contributed by atoms with Crippen molar-refractivity contribution in [3.8, 4) is 11.5 Å². The average Bonchev–Trinajstić information content (AvgIpc) is 2.88. The van der Waals surface area contributed by atoms with Gasteiger partial charge < -0.3 is 20.1 Å².